The predicted octanol–water partition coefficient (Wildman–Crippen LogP) is 2.14. The highest BCUT2D eigenvalue weighted by Crippen LogP contribution is 2.18. The Hall–Kier alpha value is -0.0800. The van der Waals surface area contributed by atoms with Crippen molar-refractivity contribution in [3.05, 3.63) is 0 Å². The molecule has 0 aromatic carbocycles. The topological polar surface area (TPSA) is 12.5 Å². The summed E-state index contributed by atoms with van der Waals surface area (Å²) < 4.78 is 5.06. The Kier molecular flexibility index (Phi) is 5.40. The smallest absolute Gasteiger partial charge is 0.0474 e. The van der Waals surface area contributed by atoms with Gasteiger partial charge in [0.05, 0.1) is 0 Å². The number of hydrogen-bond donors (Lipinski definition) is 0. The summed E-state index contributed by atoms with van der Waals surface area (Å²) in [5.74, 6) is 0.955. The number of likely N-dealkylation sites (tertiary alicyclic amines) is 1. The van der Waals surface area contributed by atoms with Crippen LogP contribution in [0.3, 0.4) is 0 Å². The Balaban J connectivity index is 2.11. The Morgan fingerprint density at radius 2 is 2.31 bits per heavy atom. The summed E-state index contributed by atoms with van der Waals surface area (Å²) in [6.45, 7) is 7.07. The second kappa shape index (κ2) is 6.39. The molecule has 78 valence electrons. The molecule has 1 fully saturated rings. The van der Waals surface area contributed by atoms with E-state index >= 15 is 0 Å². The molecule has 2 heteroatoms. The van der Waals surface area contributed by atoms with Gasteiger partial charge in [-0.3, -0.25) is 0 Å². The first-order chi connectivity index (χ1) is 6.36. The standard InChI is InChI=1S/C11H23NO/c1-3-11-6-4-7-12(10-11)8-5-9-13-2/h11H,3-10H2,1-2H3. The van der Waals surface area contributed by atoms with Crippen molar-refractivity contribution >= 4 is 0 Å². The van der Waals surface area contributed by atoms with Gasteiger partial charge in [-0.25, -0.2) is 0 Å². The van der Waals surface area contributed by atoms with E-state index in [-0.39, 0.29) is 0 Å². The molecule has 2 nitrogen and oxygen atoms in total. The fraction of sp³-hybridized carbons (Fsp3) is 1.00. The number of methoxy groups -OCH3 is 1. The van der Waals surface area contributed by atoms with Gasteiger partial charge in [0.15, 0.2) is 0 Å². The van der Waals surface area contributed by atoms with Crippen molar-refractivity contribution in [3.8, 4) is 0 Å². The van der Waals surface area contributed by atoms with Crippen LogP contribution in [-0.2, 0) is 4.74 Å². The molecule has 0 aromatic heterocycles. The van der Waals surface area contributed by atoms with Crippen LogP contribution in [0.25, 0.3) is 0 Å². The van der Waals surface area contributed by atoms with Crippen LogP contribution in [0.2, 0.25) is 0 Å². The summed E-state index contributed by atoms with van der Waals surface area (Å²) in [4.78, 5) is 2.59. The van der Waals surface area contributed by atoms with Gasteiger partial charge < -0.3 is 9.64 Å². The molecule has 1 aliphatic rings. The van der Waals surface area contributed by atoms with Crippen molar-refractivity contribution in [2.24, 2.45) is 5.92 Å². The maximum absolute atomic E-state index is 5.06. The quantitative estimate of drug-likeness (QED) is 0.608. The Morgan fingerprint density at radius 1 is 1.46 bits per heavy atom. The van der Waals surface area contributed by atoms with E-state index in [4.69, 9.17) is 4.74 Å². The molecule has 0 saturated carbocycles. The van der Waals surface area contributed by atoms with Gasteiger partial charge in [0.25, 0.3) is 0 Å². The Morgan fingerprint density at radius 3 is 3.00 bits per heavy atom. The van der Waals surface area contributed by atoms with Gasteiger partial charge in [0.1, 0.15) is 0 Å². The molecule has 0 N–H and O–H groups in total. The normalized spacial score (nSPS) is 24.9. The lowest BCUT2D eigenvalue weighted by Crippen LogP contribution is -2.36. The summed E-state index contributed by atoms with van der Waals surface area (Å²) in [5.41, 5.74) is 0. The van der Waals surface area contributed by atoms with Crippen LogP contribution in [-0.4, -0.2) is 38.3 Å². The lowest BCUT2D eigenvalue weighted by Gasteiger charge is -2.32. The fourth-order valence-corrected chi connectivity index (χ4v) is 2.12. The third-order valence-electron chi connectivity index (χ3n) is 3.00. The van der Waals surface area contributed by atoms with E-state index in [2.05, 4.69) is 11.8 Å². The summed E-state index contributed by atoms with van der Waals surface area (Å²) >= 11 is 0. The van der Waals surface area contributed by atoms with Gasteiger partial charge in [-0.2, -0.15) is 0 Å². The maximum atomic E-state index is 5.06. The second-order valence-corrected chi connectivity index (χ2v) is 4.06. The third-order valence-corrected chi connectivity index (χ3v) is 3.00. The average molecular weight is 185 g/mol. The highest BCUT2D eigenvalue weighted by atomic mass is 16.5. The molecule has 1 rings (SSSR count). The van der Waals surface area contributed by atoms with Crippen molar-refractivity contribution in [1.82, 2.24) is 4.90 Å². The van der Waals surface area contributed by atoms with Crippen molar-refractivity contribution < 1.29 is 4.74 Å². The minimum atomic E-state index is 0.910. The highest BCUT2D eigenvalue weighted by molar-refractivity contribution is 4.71. The zero-order valence-corrected chi connectivity index (χ0v) is 9.09. The van der Waals surface area contributed by atoms with Crippen LogP contribution >= 0.6 is 0 Å². The number of rotatable bonds is 5. The van der Waals surface area contributed by atoms with Crippen molar-refractivity contribution in [2.75, 3.05) is 33.4 Å². The Labute approximate surface area is 82.3 Å². The van der Waals surface area contributed by atoms with Gasteiger partial charge in [-0.1, -0.05) is 13.3 Å². The molecule has 1 atom stereocenters. The summed E-state index contributed by atoms with van der Waals surface area (Å²) in [7, 11) is 1.78. The van der Waals surface area contributed by atoms with Gasteiger partial charge in [0.2, 0.25) is 0 Å². The highest BCUT2D eigenvalue weighted by Gasteiger charge is 2.17. The lowest BCUT2D eigenvalue weighted by atomic mass is 9.96. The number of piperidine rings is 1. The molecule has 0 aliphatic carbocycles. The Bertz CT molecular complexity index is 127. The molecule has 0 amide bonds. The van der Waals surface area contributed by atoms with Crippen molar-refractivity contribution in [2.45, 2.75) is 32.6 Å². The molecule has 1 aliphatic heterocycles. The summed E-state index contributed by atoms with van der Waals surface area (Å²) in [6.07, 6.45) is 5.37. The van der Waals surface area contributed by atoms with Gasteiger partial charge in [0, 0.05) is 26.8 Å². The van der Waals surface area contributed by atoms with Gasteiger partial charge >= 0.3 is 0 Å². The molecule has 13 heavy (non-hydrogen) atoms. The first-order valence-corrected chi connectivity index (χ1v) is 5.58. The molecule has 0 spiro atoms. The average Bonchev–Trinajstić information content (AvgIpc) is 2.19. The van der Waals surface area contributed by atoms with Crippen LogP contribution in [0.4, 0.5) is 0 Å². The van der Waals surface area contributed by atoms with E-state index in [1.807, 2.05) is 0 Å². The van der Waals surface area contributed by atoms with Gasteiger partial charge in [-0.05, 0) is 31.7 Å². The van der Waals surface area contributed by atoms with E-state index < -0.39 is 0 Å². The minimum Gasteiger partial charge on any atom is -0.385 e. The molecule has 1 heterocycles. The van der Waals surface area contributed by atoms with E-state index in [0.29, 0.717) is 0 Å². The number of hydrogen-bond acceptors (Lipinski definition) is 2. The van der Waals surface area contributed by atoms with Gasteiger partial charge in [-0.15, -0.1) is 0 Å². The SMILES string of the molecule is CCC1CCCN(CCCOC)C1. The molecule has 0 radical (unpaired) electrons. The molecular formula is C11H23NO. The third kappa shape index (κ3) is 4.10. The van der Waals surface area contributed by atoms with E-state index in [1.165, 1.54) is 45.3 Å². The maximum Gasteiger partial charge on any atom is 0.0474 e. The molecule has 1 unspecified atom stereocenters. The molecule has 0 bridgehead atoms. The zero-order valence-electron chi connectivity index (χ0n) is 9.09. The van der Waals surface area contributed by atoms with Crippen LogP contribution < -0.4 is 0 Å². The van der Waals surface area contributed by atoms with E-state index in [9.17, 15) is 0 Å². The first-order valence-electron chi connectivity index (χ1n) is 5.58. The van der Waals surface area contributed by atoms with Crippen molar-refractivity contribution in [1.29, 1.82) is 0 Å². The lowest BCUT2D eigenvalue weighted by molar-refractivity contribution is 0.139. The molecule has 1 saturated heterocycles. The molecule has 0 aromatic rings. The fourth-order valence-electron chi connectivity index (χ4n) is 2.12. The summed E-state index contributed by atoms with van der Waals surface area (Å²) in [6, 6.07) is 0. The van der Waals surface area contributed by atoms with E-state index in [0.717, 1.165) is 12.5 Å². The van der Waals surface area contributed by atoms with E-state index in [1.54, 1.807) is 7.11 Å². The number of nitrogens with zero attached hydrogens (tertiary/aromatic N) is 1. The predicted molar refractivity (Wildman–Crippen MR) is 55.9 cm³/mol. The minimum absolute atomic E-state index is 0.910. The molecular weight excluding hydrogens is 162 g/mol. The van der Waals surface area contributed by atoms with Crippen LogP contribution in [0.15, 0.2) is 0 Å². The van der Waals surface area contributed by atoms with Crippen molar-refractivity contribution in [3.63, 3.8) is 0 Å². The largest absolute Gasteiger partial charge is 0.385 e. The van der Waals surface area contributed by atoms with Crippen LogP contribution in [0.1, 0.15) is 32.6 Å². The monoisotopic (exact) mass is 185 g/mol. The summed E-state index contributed by atoms with van der Waals surface area (Å²) in [5, 5.41) is 0. The zero-order chi connectivity index (χ0) is 9.52. The van der Waals surface area contributed by atoms with Crippen LogP contribution in [0, 0.1) is 5.92 Å². The first kappa shape index (κ1) is 11.0. The second-order valence-electron chi connectivity index (χ2n) is 4.06. The van der Waals surface area contributed by atoms with Crippen LogP contribution in [0.5, 0.6) is 0 Å². The number of ether oxygens (including phenoxy) is 1.